The summed E-state index contributed by atoms with van der Waals surface area (Å²) in [5.41, 5.74) is 1.33. The molecule has 0 aliphatic rings. The van der Waals surface area contributed by atoms with Gasteiger partial charge in [0.1, 0.15) is 7.85 Å². The fourth-order valence-electron chi connectivity index (χ4n) is 0.558. The SMILES string of the molecule is [B]c1ccc(C#N)cc1. The van der Waals surface area contributed by atoms with Gasteiger partial charge in [0, 0.05) is 0 Å². The van der Waals surface area contributed by atoms with Crippen molar-refractivity contribution in [2.75, 3.05) is 0 Å². The van der Waals surface area contributed by atoms with Crippen LogP contribution in [0.25, 0.3) is 0 Å². The Kier molecular flexibility index (Phi) is 1.55. The molecular weight excluding hydrogens is 109 g/mol. The van der Waals surface area contributed by atoms with E-state index in [0.29, 0.717) is 11.0 Å². The monoisotopic (exact) mass is 113 g/mol. The van der Waals surface area contributed by atoms with Crippen molar-refractivity contribution in [3.05, 3.63) is 29.8 Å². The van der Waals surface area contributed by atoms with Crippen LogP contribution in [0.1, 0.15) is 5.56 Å². The van der Waals surface area contributed by atoms with Crippen molar-refractivity contribution >= 4 is 13.3 Å². The quantitative estimate of drug-likeness (QED) is 0.445. The molecule has 0 aliphatic carbocycles. The summed E-state index contributed by atoms with van der Waals surface area (Å²) in [7, 11) is 5.37. The van der Waals surface area contributed by atoms with Crippen molar-refractivity contribution in [1.29, 1.82) is 5.26 Å². The molecule has 0 saturated heterocycles. The van der Waals surface area contributed by atoms with Gasteiger partial charge in [0.05, 0.1) is 11.6 Å². The summed E-state index contributed by atoms with van der Waals surface area (Å²) < 4.78 is 0. The molecular formula is C7H4BN. The minimum Gasteiger partial charge on any atom is -0.192 e. The smallest absolute Gasteiger partial charge is 0.113 e. The van der Waals surface area contributed by atoms with E-state index in [0.717, 1.165) is 0 Å². The van der Waals surface area contributed by atoms with E-state index in [9.17, 15) is 0 Å². The average Bonchev–Trinajstić information content (AvgIpc) is 1.90. The highest BCUT2D eigenvalue weighted by Gasteiger charge is 1.84. The van der Waals surface area contributed by atoms with Gasteiger partial charge in [-0.1, -0.05) is 17.6 Å². The molecule has 0 heterocycles. The number of nitrogens with zero attached hydrogens (tertiary/aromatic N) is 1. The number of benzene rings is 1. The van der Waals surface area contributed by atoms with Crippen LogP contribution in [0, 0.1) is 11.3 Å². The fourth-order valence-corrected chi connectivity index (χ4v) is 0.558. The lowest BCUT2D eigenvalue weighted by Crippen LogP contribution is -1.98. The Hall–Kier alpha value is -1.23. The second-order valence-electron chi connectivity index (χ2n) is 1.73. The Balaban J connectivity index is 3.06. The summed E-state index contributed by atoms with van der Waals surface area (Å²) >= 11 is 0. The summed E-state index contributed by atoms with van der Waals surface area (Å²) in [6.07, 6.45) is 0. The minimum absolute atomic E-state index is 0.643. The molecule has 2 radical (unpaired) electrons. The molecule has 1 rings (SSSR count). The van der Waals surface area contributed by atoms with E-state index in [1.165, 1.54) is 0 Å². The lowest BCUT2D eigenvalue weighted by molar-refractivity contribution is 1.49. The fraction of sp³-hybridized carbons (Fsp3) is 0. The van der Waals surface area contributed by atoms with Crippen LogP contribution in [0.3, 0.4) is 0 Å². The molecule has 0 bridgehead atoms. The molecule has 0 atom stereocenters. The van der Waals surface area contributed by atoms with Crippen molar-refractivity contribution in [2.24, 2.45) is 0 Å². The van der Waals surface area contributed by atoms with Gasteiger partial charge in [0.15, 0.2) is 0 Å². The lowest BCUT2D eigenvalue weighted by Gasteiger charge is -1.88. The predicted molar refractivity (Wildman–Crippen MR) is 36.5 cm³/mol. The third-order valence-corrected chi connectivity index (χ3v) is 1.04. The number of nitriles is 1. The van der Waals surface area contributed by atoms with Crippen LogP contribution in [0.2, 0.25) is 0 Å². The van der Waals surface area contributed by atoms with Gasteiger partial charge >= 0.3 is 0 Å². The van der Waals surface area contributed by atoms with Crippen LogP contribution in [-0.2, 0) is 0 Å². The first-order valence-corrected chi connectivity index (χ1v) is 2.58. The predicted octanol–water partition coefficient (Wildman–Crippen LogP) is 0.352. The second-order valence-corrected chi connectivity index (χ2v) is 1.73. The van der Waals surface area contributed by atoms with E-state index < -0.39 is 0 Å². The summed E-state index contributed by atoms with van der Waals surface area (Å²) in [6, 6.07) is 8.79. The van der Waals surface area contributed by atoms with Crippen LogP contribution < -0.4 is 5.46 Å². The largest absolute Gasteiger partial charge is 0.192 e. The van der Waals surface area contributed by atoms with E-state index in [-0.39, 0.29) is 0 Å². The van der Waals surface area contributed by atoms with E-state index in [1.807, 2.05) is 6.07 Å². The third-order valence-electron chi connectivity index (χ3n) is 1.04. The zero-order chi connectivity index (χ0) is 6.69. The Morgan fingerprint density at radius 3 is 2.22 bits per heavy atom. The molecule has 0 amide bonds. The first-order chi connectivity index (χ1) is 4.33. The standard InChI is InChI=1S/C7H4BN/c8-7-3-1-6(5-9)2-4-7/h1-4H. The van der Waals surface area contributed by atoms with Crippen molar-refractivity contribution < 1.29 is 0 Å². The maximum Gasteiger partial charge on any atom is 0.113 e. The van der Waals surface area contributed by atoms with E-state index in [1.54, 1.807) is 24.3 Å². The number of hydrogen-bond acceptors (Lipinski definition) is 1. The number of rotatable bonds is 0. The molecule has 1 nitrogen and oxygen atoms in total. The van der Waals surface area contributed by atoms with Gasteiger partial charge in [-0.3, -0.25) is 0 Å². The highest BCUT2D eigenvalue weighted by Crippen LogP contribution is 1.91. The van der Waals surface area contributed by atoms with Crippen molar-refractivity contribution in [3.8, 4) is 6.07 Å². The van der Waals surface area contributed by atoms with Gasteiger partial charge in [-0.15, -0.1) is 0 Å². The van der Waals surface area contributed by atoms with Gasteiger partial charge in [0.2, 0.25) is 0 Å². The molecule has 1 aromatic rings. The average molecular weight is 113 g/mol. The zero-order valence-electron chi connectivity index (χ0n) is 4.83. The van der Waals surface area contributed by atoms with Gasteiger partial charge in [-0.05, 0) is 12.1 Å². The van der Waals surface area contributed by atoms with Gasteiger partial charge < -0.3 is 0 Å². The third kappa shape index (κ3) is 1.33. The van der Waals surface area contributed by atoms with Gasteiger partial charge in [-0.25, -0.2) is 0 Å². The second kappa shape index (κ2) is 2.36. The molecule has 1 aromatic carbocycles. The van der Waals surface area contributed by atoms with Gasteiger partial charge in [0.25, 0.3) is 0 Å². The molecule has 0 spiro atoms. The highest BCUT2D eigenvalue weighted by molar-refractivity contribution is 6.32. The normalized spacial score (nSPS) is 8.33. The Morgan fingerprint density at radius 1 is 1.22 bits per heavy atom. The minimum atomic E-state index is 0.643. The molecule has 0 saturated carbocycles. The van der Waals surface area contributed by atoms with E-state index in [4.69, 9.17) is 13.1 Å². The molecule has 40 valence electrons. The molecule has 0 fully saturated rings. The first-order valence-electron chi connectivity index (χ1n) is 2.58. The van der Waals surface area contributed by atoms with Crippen LogP contribution in [0.15, 0.2) is 24.3 Å². The first kappa shape index (κ1) is 5.90. The molecule has 0 N–H and O–H groups in total. The van der Waals surface area contributed by atoms with Crippen LogP contribution >= 0.6 is 0 Å². The molecule has 2 heteroatoms. The molecule has 9 heavy (non-hydrogen) atoms. The molecule has 0 aliphatic heterocycles. The summed E-state index contributed by atoms with van der Waals surface area (Å²) in [6.45, 7) is 0. The van der Waals surface area contributed by atoms with Crippen molar-refractivity contribution in [2.45, 2.75) is 0 Å². The molecule has 0 aromatic heterocycles. The Labute approximate surface area is 55.3 Å². The van der Waals surface area contributed by atoms with E-state index >= 15 is 0 Å². The summed E-state index contributed by atoms with van der Waals surface area (Å²) in [4.78, 5) is 0. The maximum atomic E-state index is 8.34. The Morgan fingerprint density at radius 2 is 1.78 bits per heavy atom. The lowest BCUT2D eigenvalue weighted by atomic mass is 9.96. The zero-order valence-corrected chi connectivity index (χ0v) is 4.83. The van der Waals surface area contributed by atoms with Gasteiger partial charge in [-0.2, -0.15) is 5.26 Å². The maximum absolute atomic E-state index is 8.34. The highest BCUT2D eigenvalue weighted by atomic mass is 14.2. The number of hydrogen-bond donors (Lipinski definition) is 0. The topological polar surface area (TPSA) is 23.8 Å². The van der Waals surface area contributed by atoms with Crippen molar-refractivity contribution in [3.63, 3.8) is 0 Å². The van der Waals surface area contributed by atoms with E-state index in [2.05, 4.69) is 0 Å². The summed E-state index contributed by atoms with van der Waals surface area (Å²) in [5, 5.41) is 8.34. The van der Waals surface area contributed by atoms with Crippen LogP contribution in [0.4, 0.5) is 0 Å². The van der Waals surface area contributed by atoms with Crippen LogP contribution in [-0.4, -0.2) is 7.85 Å². The molecule has 0 unspecified atom stereocenters. The Bertz CT molecular complexity index is 232. The van der Waals surface area contributed by atoms with Crippen molar-refractivity contribution in [1.82, 2.24) is 0 Å². The summed E-state index contributed by atoms with van der Waals surface area (Å²) in [5.74, 6) is 0. The van der Waals surface area contributed by atoms with Crippen LogP contribution in [0.5, 0.6) is 0 Å².